The third-order valence-electron chi connectivity index (χ3n) is 3.61. The Labute approximate surface area is 172 Å². The van der Waals surface area contributed by atoms with Gasteiger partial charge in [-0.25, -0.2) is 4.99 Å². The average Bonchev–Trinajstić information content (AvgIpc) is 3.33. The molecule has 3 aromatic heterocycles. The third kappa shape index (κ3) is 5.79. The lowest BCUT2D eigenvalue weighted by molar-refractivity contribution is 0.715. The smallest absolute Gasteiger partial charge is 0.192 e. The molecule has 0 bridgehead atoms. The Morgan fingerprint density at radius 1 is 1.20 bits per heavy atom. The molecule has 0 aliphatic carbocycles. The molecule has 0 saturated heterocycles. The molecule has 2 N–H and O–H groups in total. The average molecular weight is 488 g/mol. The van der Waals surface area contributed by atoms with Crippen LogP contribution in [-0.2, 0) is 26.7 Å². The highest BCUT2D eigenvalue weighted by molar-refractivity contribution is 14.0. The van der Waals surface area contributed by atoms with Crippen molar-refractivity contribution in [1.82, 2.24) is 25.4 Å². The molecular formula is C16H21IN6S2. The summed E-state index contributed by atoms with van der Waals surface area (Å²) in [5, 5.41) is 21.2. The van der Waals surface area contributed by atoms with E-state index in [0.717, 1.165) is 24.2 Å². The fourth-order valence-electron chi connectivity index (χ4n) is 2.08. The van der Waals surface area contributed by atoms with Crippen molar-refractivity contribution in [3.8, 4) is 0 Å². The van der Waals surface area contributed by atoms with Crippen LogP contribution in [0.3, 0.4) is 0 Å². The lowest BCUT2D eigenvalue weighted by Crippen LogP contribution is -2.37. The zero-order chi connectivity index (χ0) is 16.8. The van der Waals surface area contributed by atoms with Gasteiger partial charge in [-0.3, -0.25) is 0 Å². The fraction of sp³-hybridized carbons (Fsp3) is 0.312. The number of rotatable bonds is 6. The molecule has 9 heteroatoms. The summed E-state index contributed by atoms with van der Waals surface area (Å²) in [6.45, 7) is 3.93. The maximum absolute atomic E-state index is 4.67. The predicted molar refractivity (Wildman–Crippen MR) is 115 cm³/mol. The molecule has 0 spiro atoms. The molecule has 3 rings (SSSR count). The number of guanidine groups is 1. The molecular weight excluding hydrogens is 467 g/mol. The van der Waals surface area contributed by atoms with Gasteiger partial charge in [-0.15, -0.1) is 45.5 Å². The Morgan fingerprint density at radius 2 is 2.04 bits per heavy atom. The standard InChI is InChI=1S/C16H20N6S2.HI/c1-12-20-21-15(22(12)2)10-19-16(17-8-13-5-7-23-11-13)18-9-14-4-3-6-24-14;/h3-7,11H,8-10H2,1-2H3,(H2,17,18,19);1H. The minimum Gasteiger partial charge on any atom is -0.351 e. The van der Waals surface area contributed by atoms with E-state index in [1.54, 1.807) is 22.7 Å². The molecule has 3 aromatic rings. The van der Waals surface area contributed by atoms with Gasteiger partial charge in [0, 0.05) is 11.9 Å². The van der Waals surface area contributed by atoms with Crippen LogP contribution in [0.2, 0.25) is 0 Å². The van der Waals surface area contributed by atoms with E-state index in [2.05, 4.69) is 60.2 Å². The first-order chi connectivity index (χ1) is 11.7. The molecule has 134 valence electrons. The van der Waals surface area contributed by atoms with Crippen molar-refractivity contribution in [3.63, 3.8) is 0 Å². The van der Waals surface area contributed by atoms with Gasteiger partial charge in [-0.2, -0.15) is 11.3 Å². The van der Waals surface area contributed by atoms with Gasteiger partial charge >= 0.3 is 0 Å². The number of aromatic nitrogens is 3. The molecule has 0 fully saturated rings. The van der Waals surface area contributed by atoms with Gasteiger partial charge in [0.2, 0.25) is 0 Å². The maximum Gasteiger partial charge on any atom is 0.192 e. The number of nitrogens with zero attached hydrogens (tertiary/aromatic N) is 4. The van der Waals surface area contributed by atoms with Crippen LogP contribution < -0.4 is 10.6 Å². The van der Waals surface area contributed by atoms with Gasteiger partial charge in [0.05, 0.1) is 19.6 Å². The second kappa shape index (κ2) is 9.88. The molecule has 0 atom stereocenters. The van der Waals surface area contributed by atoms with E-state index >= 15 is 0 Å². The van der Waals surface area contributed by atoms with Crippen LogP contribution in [0.5, 0.6) is 0 Å². The van der Waals surface area contributed by atoms with Gasteiger partial charge in [0.1, 0.15) is 5.82 Å². The van der Waals surface area contributed by atoms with Crippen molar-refractivity contribution in [2.75, 3.05) is 0 Å². The molecule has 0 unspecified atom stereocenters. The summed E-state index contributed by atoms with van der Waals surface area (Å²) in [7, 11) is 1.97. The molecule has 0 aliphatic heterocycles. The van der Waals surface area contributed by atoms with E-state index in [4.69, 9.17) is 0 Å². The van der Waals surface area contributed by atoms with Crippen molar-refractivity contribution in [2.45, 2.75) is 26.6 Å². The van der Waals surface area contributed by atoms with Gasteiger partial charge in [0.15, 0.2) is 11.8 Å². The van der Waals surface area contributed by atoms with E-state index < -0.39 is 0 Å². The number of hydrogen-bond donors (Lipinski definition) is 2. The normalized spacial score (nSPS) is 11.2. The minimum absolute atomic E-state index is 0. The largest absolute Gasteiger partial charge is 0.351 e. The van der Waals surface area contributed by atoms with Crippen LogP contribution >= 0.6 is 46.7 Å². The van der Waals surface area contributed by atoms with Gasteiger partial charge in [0.25, 0.3) is 0 Å². The topological polar surface area (TPSA) is 67.1 Å². The summed E-state index contributed by atoms with van der Waals surface area (Å²) in [6, 6.07) is 6.26. The SMILES string of the molecule is Cc1nnc(CNC(=NCc2ccsc2)NCc2cccs2)n1C.I. The summed E-state index contributed by atoms with van der Waals surface area (Å²) in [6.07, 6.45) is 0. The van der Waals surface area contributed by atoms with Crippen LogP contribution in [0.4, 0.5) is 0 Å². The lowest BCUT2D eigenvalue weighted by atomic mass is 10.3. The Hall–Kier alpha value is -1.46. The molecule has 3 heterocycles. The minimum atomic E-state index is 0. The van der Waals surface area contributed by atoms with E-state index in [-0.39, 0.29) is 24.0 Å². The van der Waals surface area contributed by atoms with Crippen LogP contribution in [0.1, 0.15) is 22.1 Å². The molecule has 0 amide bonds. The van der Waals surface area contributed by atoms with Gasteiger partial charge < -0.3 is 15.2 Å². The summed E-state index contributed by atoms with van der Waals surface area (Å²) in [5.41, 5.74) is 1.21. The van der Waals surface area contributed by atoms with Crippen molar-refractivity contribution < 1.29 is 0 Å². The molecule has 0 aromatic carbocycles. The number of thiophene rings is 2. The van der Waals surface area contributed by atoms with Crippen LogP contribution in [0, 0.1) is 6.92 Å². The Balaban J connectivity index is 0.00000225. The number of aliphatic imine (C=N–C) groups is 1. The summed E-state index contributed by atoms with van der Waals surface area (Å²) < 4.78 is 1.97. The second-order valence-electron chi connectivity index (χ2n) is 5.31. The molecule has 6 nitrogen and oxygen atoms in total. The highest BCUT2D eigenvalue weighted by Crippen LogP contribution is 2.08. The first-order valence-electron chi connectivity index (χ1n) is 7.63. The summed E-state index contributed by atoms with van der Waals surface area (Å²) >= 11 is 3.42. The van der Waals surface area contributed by atoms with E-state index in [1.165, 1.54) is 10.4 Å². The molecule has 0 radical (unpaired) electrons. The molecule has 0 aliphatic rings. The first kappa shape index (κ1) is 19.9. The van der Waals surface area contributed by atoms with Crippen molar-refractivity contribution in [1.29, 1.82) is 0 Å². The van der Waals surface area contributed by atoms with Gasteiger partial charge in [-0.1, -0.05) is 6.07 Å². The molecule has 25 heavy (non-hydrogen) atoms. The Kier molecular flexibility index (Phi) is 7.85. The molecule has 0 saturated carbocycles. The summed E-state index contributed by atoms with van der Waals surface area (Å²) in [5.74, 6) is 2.55. The van der Waals surface area contributed by atoms with Crippen LogP contribution in [0.15, 0.2) is 39.3 Å². The number of nitrogens with one attached hydrogen (secondary N) is 2. The van der Waals surface area contributed by atoms with Crippen molar-refractivity contribution in [3.05, 3.63) is 56.4 Å². The number of halogens is 1. The lowest BCUT2D eigenvalue weighted by Gasteiger charge is -2.12. The summed E-state index contributed by atoms with van der Waals surface area (Å²) in [4.78, 5) is 5.94. The van der Waals surface area contributed by atoms with Crippen LogP contribution in [-0.4, -0.2) is 20.7 Å². The zero-order valence-corrected chi connectivity index (χ0v) is 18.1. The Morgan fingerprint density at radius 3 is 2.68 bits per heavy atom. The number of hydrogen-bond acceptors (Lipinski definition) is 5. The number of aryl methyl sites for hydroxylation is 1. The Bertz CT molecular complexity index is 780. The van der Waals surface area contributed by atoms with Crippen molar-refractivity contribution >= 4 is 52.6 Å². The van der Waals surface area contributed by atoms with Crippen molar-refractivity contribution in [2.24, 2.45) is 12.0 Å². The highest BCUT2D eigenvalue weighted by Gasteiger charge is 2.06. The monoisotopic (exact) mass is 488 g/mol. The highest BCUT2D eigenvalue weighted by atomic mass is 127. The fourth-order valence-corrected chi connectivity index (χ4v) is 3.38. The maximum atomic E-state index is 4.67. The zero-order valence-electron chi connectivity index (χ0n) is 14.1. The van der Waals surface area contributed by atoms with E-state index in [1.807, 2.05) is 18.5 Å². The van der Waals surface area contributed by atoms with Crippen LogP contribution in [0.25, 0.3) is 0 Å². The third-order valence-corrected chi connectivity index (χ3v) is 5.22. The predicted octanol–water partition coefficient (Wildman–Crippen LogP) is 3.30. The first-order valence-corrected chi connectivity index (χ1v) is 9.45. The van der Waals surface area contributed by atoms with Gasteiger partial charge in [-0.05, 0) is 40.8 Å². The second-order valence-corrected chi connectivity index (χ2v) is 7.12. The van der Waals surface area contributed by atoms with E-state index in [0.29, 0.717) is 13.1 Å². The quantitative estimate of drug-likeness (QED) is 0.318. The van der Waals surface area contributed by atoms with E-state index in [9.17, 15) is 0 Å².